The van der Waals surface area contributed by atoms with Gasteiger partial charge in [-0.25, -0.2) is 4.39 Å². The number of carbonyl (C=O) groups is 2. The third-order valence-corrected chi connectivity index (χ3v) is 2.46. The molecular weight excluding hydrogens is 223 g/mol. The van der Waals surface area contributed by atoms with E-state index >= 15 is 0 Å². The van der Waals surface area contributed by atoms with Gasteiger partial charge in [-0.3, -0.25) is 9.59 Å². The lowest BCUT2D eigenvalue weighted by atomic mass is 10.1. The van der Waals surface area contributed by atoms with E-state index in [1.165, 1.54) is 18.2 Å². The van der Waals surface area contributed by atoms with Crippen molar-refractivity contribution in [3.05, 3.63) is 47.5 Å². The van der Waals surface area contributed by atoms with Crippen molar-refractivity contribution in [2.24, 2.45) is 0 Å². The Morgan fingerprint density at radius 1 is 1.12 bits per heavy atom. The summed E-state index contributed by atoms with van der Waals surface area (Å²) in [5.41, 5.74) is 0.932. The minimum atomic E-state index is -0.508. The average molecular weight is 234 g/mol. The van der Waals surface area contributed by atoms with Crippen molar-refractivity contribution < 1.29 is 18.7 Å². The lowest BCUT2D eigenvalue weighted by molar-refractivity contribution is -0.143. The summed E-state index contributed by atoms with van der Waals surface area (Å²) < 4.78 is 17.6. The van der Waals surface area contributed by atoms with Crippen LogP contribution in [0.1, 0.15) is 18.4 Å². The third kappa shape index (κ3) is 3.24. The van der Waals surface area contributed by atoms with Gasteiger partial charge in [-0.15, -0.1) is 0 Å². The molecule has 17 heavy (non-hydrogen) atoms. The van der Waals surface area contributed by atoms with E-state index in [-0.39, 0.29) is 18.0 Å². The largest absolute Gasteiger partial charge is 0.431 e. The lowest BCUT2D eigenvalue weighted by Crippen LogP contribution is -2.16. The fourth-order valence-electron chi connectivity index (χ4n) is 1.63. The number of hydrogen-bond acceptors (Lipinski definition) is 3. The second kappa shape index (κ2) is 4.91. The second-order valence-corrected chi connectivity index (χ2v) is 3.85. The van der Waals surface area contributed by atoms with Gasteiger partial charge >= 0.3 is 5.97 Å². The molecule has 88 valence electrons. The van der Waals surface area contributed by atoms with E-state index in [0.29, 0.717) is 18.6 Å². The van der Waals surface area contributed by atoms with Crippen molar-refractivity contribution in [2.75, 3.05) is 0 Å². The fraction of sp³-hybridized carbons (Fsp3) is 0.231. The van der Waals surface area contributed by atoms with Crippen molar-refractivity contribution in [2.45, 2.75) is 19.3 Å². The highest BCUT2D eigenvalue weighted by Crippen LogP contribution is 2.15. The van der Waals surface area contributed by atoms with Crippen LogP contribution in [0.4, 0.5) is 4.39 Å². The number of ether oxygens (including phenoxy) is 1. The van der Waals surface area contributed by atoms with Gasteiger partial charge in [-0.05, 0) is 24.1 Å². The van der Waals surface area contributed by atoms with E-state index in [0.717, 1.165) is 5.56 Å². The molecule has 0 amide bonds. The number of benzene rings is 1. The summed E-state index contributed by atoms with van der Waals surface area (Å²) in [4.78, 5) is 22.1. The normalized spacial score (nSPS) is 15.5. The molecule has 1 aliphatic rings. The van der Waals surface area contributed by atoms with Crippen molar-refractivity contribution in [3.63, 3.8) is 0 Å². The number of ketones is 1. The maximum atomic E-state index is 12.7. The van der Waals surface area contributed by atoms with E-state index in [4.69, 9.17) is 4.74 Å². The van der Waals surface area contributed by atoms with E-state index in [1.807, 2.05) is 0 Å². The van der Waals surface area contributed by atoms with Gasteiger partial charge in [0.15, 0.2) is 5.78 Å². The number of cyclic esters (lactones) is 1. The van der Waals surface area contributed by atoms with Crippen molar-refractivity contribution in [1.82, 2.24) is 0 Å². The molecule has 0 atom stereocenters. The van der Waals surface area contributed by atoms with Crippen LogP contribution in [0.25, 0.3) is 0 Å². The highest BCUT2D eigenvalue weighted by Gasteiger charge is 2.18. The van der Waals surface area contributed by atoms with Crippen LogP contribution in [0.5, 0.6) is 0 Å². The summed E-state index contributed by atoms with van der Waals surface area (Å²) in [6, 6.07) is 6.09. The number of rotatable bonds is 3. The molecule has 0 aliphatic carbocycles. The Labute approximate surface area is 97.9 Å². The van der Waals surface area contributed by atoms with Crippen LogP contribution in [-0.2, 0) is 20.7 Å². The molecular formula is C13H11FO3. The van der Waals surface area contributed by atoms with Crippen LogP contribution in [0.3, 0.4) is 0 Å². The molecule has 1 heterocycles. The van der Waals surface area contributed by atoms with Crippen LogP contribution >= 0.6 is 0 Å². The number of aryl methyl sites for hydroxylation is 1. The third-order valence-electron chi connectivity index (χ3n) is 2.46. The highest BCUT2D eigenvalue weighted by molar-refractivity contribution is 6.04. The predicted octanol–water partition coefficient (Wildman–Crippen LogP) is 2.16. The van der Waals surface area contributed by atoms with Gasteiger partial charge in [0.25, 0.3) is 0 Å². The van der Waals surface area contributed by atoms with Gasteiger partial charge in [0.2, 0.25) is 0 Å². The van der Waals surface area contributed by atoms with Crippen LogP contribution < -0.4 is 0 Å². The quantitative estimate of drug-likeness (QED) is 0.594. The summed E-state index contributed by atoms with van der Waals surface area (Å²) in [6.07, 6.45) is 2.24. The Bertz CT molecular complexity index is 474. The van der Waals surface area contributed by atoms with E-state index in [2.05, 4.69) is 0 Å². The number of hydrogen-bond donors (Lipinski definition) is 0. The molecule has 1 aromatic carbocycles. The van der Waals surface area contributed by atoms with Gasteiger partial charge < -0.3 is 4.74 Å². The summed E-state index contributed by atoms with van der Waals surface area (Å²) in [6.45, 7) is 0. The van der Waals surface area contributed by atoms with E-state index < -0.39 is 5.97 Å². The topological polar surface area (TPSA) is 43.4 Å². The molecule has 0 radical (unpaired) electrons. The van der Waals surface area contributed by atoms with E-state index in [1.54, 1.807) is 12.1 Å². The number of carbonyl (C=O) groups excluding carboxylic acids is 2. The van der Waals surface area contributed by atoms with Crippen LogP contribution in [-0.4, -0.2) is 11.8 Å². The zero-order chi connectivity index (χ0) is 12.3. The smallest absolute Gasteiger partial charge is 0.318 e. The standard InChI is InChI=1S/C13H11FO3/c14-10-4-1-9(2-5-10)3-6-12-7-11(15)8-13(16)17-12/h1-2,4-5,7H,3,6,8H2. The van der Waals surface area contributed by atoms with Gasteiger partial charge in [-0.1, -0.05) is 12.1 Å². The number of halogens is 1. The van der Waals surface area contributed by atoms with Gasteiger partial charge in [0, 0.05) is 12.5 Å². The molecule has 3 nitrogen and oxygen atoms in total. The molecule has 0 N–H and O–H groups in total. The first-order chi connectivity index (χ1) is 8.13. The Kier molecular flexibility index (Phi) is 3.32. The maximum Gasteiger partial charge on any atom is 0.318 e. The molecule has 0 bridgehead atoms. The molecule has 1 aromatic rings. The van der Waals surface area contributed by atoms with Crippen LogP contribution in [0.2, 0.25) is 0 Å². The minimum Gasteiger partial charge on any atom is -0.431 e. The Hall–Kier alpha value is -1.97. The Balaban J connectivity index is 1.96. The Morgan fingerprint density at radius 2 is 1.82 bits per heavy atom. The van der Waals surface area contributed by atoms with Gasteiger partial charge in [-0.2, -0.15) is 0 Å². The zero-order valence-electron chi connectivity index (χ0n) is 9.11. The summed E-state index contributed by atoms with van der Waals surface area (Å²) in [5, 5.41) is 0. The number of allylic oxidation sites excluding steroid dienone is 2. The van der Waals surface area contributed by atoms with Crippen LogP contribution in [0.15, 0.2) is 36.1 Å². The highest BCUT2D eigenvalue weighted by atomic mass is 19.1. The van der Waals surface area contributed by atoms with E-state index in [9.17, 15) is 14.0 Å². The average Bonchev–Trinajstić information content (AvgIpc) is 2.27. The van der Waals surface area contributed by atoms with Gasteiger partial charge in [0.05, 0.1) is 0 Å². The predicted molar refractivity (Wildman–Crippen MR) is 58.5 cm³/mol. The molecule has 0 spiro atoms. The molecule has 2 rings (SSSR count). The lowest BCUT2D eigenvalue weighted by Gasteiger charge is -2.12. The molecule has 0 aromatic heterocycles. The van der Waals surface area contributed by atoms with Crippen LogP contribution in [0, 0.1) is 5.82 Å². The first kappa shape index (κ1) is 11.5. The number of esters is 1. The first-order valence-electron chi connectivity index (χ1n) is 5.32. The Morgan fingerprint density at radius 3 is 2.47 bits per heavy atom. The fourth-order valence-corrected chi connectivity index (χ4v) is 1.63. The molecule has 0 unspecified atom stereocenters. The summed E-state index contributed by atoms with van der Waals surface area (Å²) in [7, 11) is 0. The van der Waals surface area contributed by atoms with Crippen molar-refractivity contribution in [3.8, 4) is 0 Å². The molecule has 1 aliphatic heterocycles. The summed E-state index contributed by atoms with van der Waals surface area (Å²) >= 11 is 0. The molecule has 0 saturated heterocycles. The van der Waals surface area contributed by atoms with Crippen molar-refractivity contribution in [1.29, 1.82) is 0 Å². The van der Waals surface area contributed by atoms with Crippen molar-refractivity contribution >= 4 is 11.8 Å². The summed E-state index contributed by atoms with van der Waals surface area (Å²) in [5.74, 6) is -0.634. The SMILES string of the molecule is O=C1C=C(CCc2ccc(F)cc2)OC(=O)C1. The molecule has 0 saturated carbocycles. The monoisotopic (exact) mass is 234 g/mol. The van der Waals surface area contributed by atoms with Gasteiger partial charge in [0.1, 0.15) is 18.0 Å². The zero-order valence-corrected chi connectivity index (χ0v) is 9.11. The molecule has 0 fully saturated rings. The maximum absolute atomic E-state index is 12.7. The minimum absolute atomic E-state index is 0.181. The second-order valence-electron chi connectivity index (χ2n) is 3.85. The first-order valence-corrected chi connectivity index (χ1v) is 5.32. The molecule has 4 heteroatoms.